The van der Waals surface area contributed by atoms with Crippen LogP contribution in [-0.4, -0.2) is 39.6 Å². The smallest absolute Gasteiger partial charge is 0.330 e. The third-order valence-corrected chi connectivity index (χ3v) is 3.80. The number of azide groups is 1. The van der Waals surface area contributed by atoms with Crippen LogP contribution in [0.4, 0.5) is 8.78 Å². The van der Waals surface area contributed by atoms with Gasteiger partial charge in [-0.05, 0) is 5.53 Å². The highest BCUT2D eigenvalue weighted by atomic mass is 19.1. The molecule has 0 amide bonds. The fourth-order valence-corrected chi connectivity index (χ4v) is 2.37. The van der Waals surface area contributed by atoms with Gasteiger partial charge in [-0.1, -0.05) is 12.0 Å². The molecule has 1 fully saturated rings. The van der Waals surface area contributed by atoms with Gasteiger partial charge in [-0.15, -0.1) is 0 Å². The van der Waals surface area contributed by atoms with E-state index in [1.54, 1.807) is 4.98 Å². The molecule has 1 saturated heterocycles. The summed E-state index contributed by atoms with van der Waals surface area (Å²) in [6.07, 6.45) is -2.81. The Kier molecular flexibility index (Phi) is 4.31. The Balaban J connectivity index is 2.46. The van der Waals surface area contributed by atoms with Gasteiger partial charge in [-0.2, -0.15) is 4.39 Å². The van der Waals surface area contributed by atoms with Crippen LogP contribution in [0.25, 0.3) is 10.4 Å². The Bertz CT molecular complexity index is 728. The number of halogens is 2. The molecule has 0 bridgehead atoms. The van der Waals surface area contributed by atoms with Crippen molar-refractivity contribution in [3.05, 3.63) is 43.3 Å². The molecule has 0 aliphatic carbocycles. The summed E-state index contributed by atoms with van der Waals surface area (Å²) in [5.41, 5.74) is 4.54. The highest BCUT2D eigenvalue weighted by Crippen LogP contribution is 2.42. The quantitative estimate of drug-likeness (QED) is 0.467. The summed E-state index contributed by atoms with van der Waals surface area (Å²) in [4.78, 5) is 26.9. The third kappa shape index (κ3) is 2.49. The molecule has 2 rings (SSSR count). The topological polar surface area (TPSA) is 133 Å². The highest BCUT2D eigenvalue weighted by molar-refractivity contribution is 5.01. The average Bonchev–Trinajstić information content (AvgIpc) is 2.74. The maximum Gasteiger partial charge on any atom is 0.330 e. The van der Waals surface area contributed by atoms with Gasteiger partial charge < -0.3 is 9.84 Å². The lowest BCUT2D eigenvalue weighted by Gasteiger charge is -2.28. The fourth-order valence-electron chi connectivity index (χ4n) is 2.37. The monoisotopic (exact) mass is 317 g/mol. The number of ether oxygens (including phenoxy) is 1. The van der Waals surface area contributed by atoms with Crippen molar-refractivity contribution in [1.82, 2.24) is 9.55 Å². The molecule has 2 N–H and O–H groups in total. The van der Waals surface area contributed by atoms with Crippen molar-refractivity contribution in [2.24, 2.45) is 11.0 Å². The first-order valence-electron chi connectivity index (χ1n) is 6.31. The van der Waals surface area contributed by atoms with Gasteiger partial charge >= 0.3 is 5.69 Å². The molecule has 0 radical (unpaired) electrons. The Morgan fingerprint density at radius 2 is 2.32 bits per heavy atom. The van der Waals surface area contributed by atoms with E-state index in [-0.39, 0.29) is 6.54 Å². The predicted octanol–water partition coefficient (Wildman–Crippen LogP) is 0.220. The minimum atomic E-state index is -1.79. The van der Waals surface area contributed by atoms with Gasteiger partial charge in [0.2, 0.25) is 5.82 Å². The predicted molar refractivity (Wildman–Crippen MR) is 69.3 cm³/mol. The van der Waals surface area contributed by atoms with Crippen molar-refractivity contribution in [3.8, 4) is 0 Å². The van der Waals surface area contributed by atoms with Crippen molar-refractivity contribution in [2.45, 2.75) is 24.9 Å². The standard InChI is InChI=1S/C11H13F2N5O4/c1-5-7(13)9(22-11(5,4-19)3-15-17-14)18-2-6(12)8(20)16-10(18)21/h2,5,7,9,19H,3-4H2,1H3,(H,16,20,21)/t5-,7-,9+,11+/m0/s1. The molecule has 9 nitrogen and oxygen atoms in total. The van der Waals surface area contributed by atoms with Crippen molar-refractivity contribution in [2.75, 3.05) is 13.2 Å². The number of alkyl halides is 1. The van der Waals surface area contributed by atoms with Gasteiger partial charge in [0.25, 0.3) is 5.56 Å². The number of nitrogens with one attached hydrogen (secondary N) is 1. The number of aliphatic hydroxyl groups is 1. The lowest BCUT2D eigenvalue weighted by Crippen LogP contribution is -2.43. The van der Waals surface area contributed by atoms with E-state index in [1.807, 2.05) is 0 Å². The average molecular weight is 317 g/mol. The van der Waals surface area contributed by atoms with E-state index in [9.17, 15) is 23.5 Å². The van der Waals surface area contributed by atoms with Crippen LogP contribution in [0.2, 0.25) is 0 Å². The van der Waals surface area contributed by atoms with Crippen LogP contribution in [0.5, 0.6) is 0 Å². The van der Waals surface area contributed by atoms with Gasteiger partial charge in [0.1, 0.15) is 5.60 Å². The van der Waals surface area contributed by atoms with Crippen LogP contribution < -0.4 is 11.2 Å². The van der Waals surface area contributed by atoms with Gasteiger partial charge in [-0.3, -0.25) is 14.3 Å². The van der Waals surface area contributed by atoms with Gasteiger partial charge in [-0.25, -0.2) is 9.18 Å². The summed E-state index contributed by atoms with van der Waals surface area (Å²) < 4.78 is 33.7. The summed E-state index contributed by atoms with van der Waals surface area (Å²) in [6.45, 7) is 0.379. The van der Waals surface area contributed by atoms with Crippen LogP contribution in [0.3, 0.4) is 0 Å². The van der Waals surface area contributed by atoms with Crippen molar-refractivity contribution < 1.29 is 18.6 Å². The maximum absolute atomic E-state index is 14.4. The van der Waals surface area contributed by atoms with Crippen LogP contribution in [0.1, 0.15) is 13.2 Å². The van der Waals surface area contributed by atoms with Crippen LogP contribution in [0.15, 0.2) is 20.9 Å². The van der Waals surface area contributed by atoms with E-state index >= 15 is 0 Å². The molecular weight excluding hydrogens is 304 g/mol. The van der Waals surface area contributed by atoms with Crippen LogP contribution in [-0.2, 0) is 4.74 Å². The first kappa shape index (κ1) is 16.1. The molecule has 0 spiro atoms. The summed E-state index contributed by atoms with van der Waals surface area (Å²) in [7, 11) is 0. The molecule has 0 unspecified atom stereocenters. The SMILES string of the molecule is C[C@H]1[C@H](F)[C@H](n2cc(F)c(=O)[nH]c2=O)O[C@@]1(CO)CN=[N+]=[N-]. The van der Waals surface area contributed by atoms with Crippen molar-refractivity contribution in [3.63, 3.8) is 0 Å². The fraction of sp³-hybridized carbons (Fsp3) is 0.636. The second-order valence-electron chi connectivity index (χ2n) is 5.00. The largest absolute Gasteiger partial charge is 0.393 e. The first-order valence-corrected chi connectivity index (χ1v) is 6.31. The van der Waals surface area contributed by atoms with Gasteiger partial charge in [0, 0.05) is 10.8 Å². The van der Waals surface area contributed by atoms with Crippen LogP contribution >= 0.6 is 0 Å². The zero-order valence-corrected chi connectivity index (χ0v) is 11.4. The zero-order valence-electron chi connectivity index (χ0n) is 11.4. The van der Waals surface area contributed by atoms with E-state index in [0.29, 0.717) is 10.8 Å². The number of aromatic amines is 1. The molecule has 0 saturated carbocycles. The molecule has 1 aliphatic rings. The minimum Gasteiger partial charge on any atom is -0.393 e. The second-order valence-corrected chi connectivity index (χ2v) is 5.00. The molecule has 11 heteroatoms. The Hall–Kier alpha value is -2.23. The van der Waals surface area contributed by atoms with E-state index in [2.05, 4.69) is 10.0 Å². The Morgan fingerprint density at radius 3 is 2.91 bits per heavy atom. The molecule has 1 aromatic heterocycles. The molecule has 2 heterocycles. The van der Waals surface area contributed by atoms with E-state index < -0.39 is 47.6 Å². The van der Waals surface area contributed by atoms with Gasteiger partial charge in [0.15, 0.2) is 12.4 Å². The number of aromatic nitrogens is 2. The lowest BCUT2D eigenvalue weighted by molar-refractivity contribution is -0.108. The van der Waals surface area contributed by atoms with E-state index in [4.69, 9.17) is 10.3 Å². The summed E-state index contributed by atoms with van der Waals surface area (Å²) in [6, 6.07) is 0. The molecule has 1 aromatic rings. The summed E-state index contributed by atoms with van der Waals surface area (Å²) >= 11 is 0. The Morgan fingerprint density at radius 1 is 1.64 bits per heavy atom. The minimum absolute atomic E-state index is 0.362. The molecule has 120 valence electrons. The van der Waals surface area contributed by atoms with E-state index in [0.717, 1.165) is 0 Å². The number of hydrogen-bond acceptors (Lipinski definition) is 5. The van der Waals surface area contributed by atoms with E-state index in [1.165, 1.54) is 6.92 Å². The second kappa shape index (κ2) is 5.87. The number of nitrogens with zero attached hydrogens (tertiary/aromatic N) is 4. The summed E-state index contributed by atoms with van der Waals surface area (Å²) in [5.74, 6) is -2.21. The van der Waals surface area contributed by atoms with Crippen LogP contribution in [0, 0.1) is 11.7 Å². The molecule has 22 heavy (non-hydrogen) atoms. The number of aliphatic hydroxyl groups excluding tert-OH is 1. The molecule has 4 atom stereocenters. The number of H-pyrrole nitrogens is 1. The third-order valence-electron chi connectivity index (χ3n) is 3.80. The van der Waals surface area contributed by atoms with Crippen molar-refractivity contribution in [1.29, 1.82) is 0 Å². The first-order chi connectivity index (χ1) is 10.4. The number of hydrogen-bond donors (Lipinski definition) is 2. The Labute approximate surface area is 121 Å². The summed E-state index contributed by atoms with van der Waals surface area (Å²) in [5, 5.41) is 12.7. The number of rotatable bonds is 4. The van der Waals surface area contributed by atoms with Crippen molar-refractivity contribution >= 4 is 0 Å². The lowest BCUT2D eigenvalue weighted by atomic mass is 9.88. The normalized spacial score (nSPS) is 31.0. The molecule has 0 aromatic carbocycles. The van der Waals surface area contributed by atoms with Gasteiger partial charge in [0.05, 0.1) is 19.3 Å². The zero-order chi connectivity index (χ0) is 16.5. The highest BCUT2D eigenvalue weighted by Gasteiger charge is 2.53. The molecule has 1 aliphatic heterocycles. The maximum atomic E-state index is 14.4. The molecular formula is C11H13F2N5O4.